The Labute approximate surface area is 122 Å². The summed E-state index contributed by atoms with van der Waals surface area (Å²) >= 11 is 6.03. The third kappa shape index (κ3) is 4.98. The van der Waals surface area contributed by atoms with E-state index in [4.69, 9.17) is 11.6 Å². The molecule has 0 radical (unpaired) electrons. The summed E-state index contributed by atoms with van der Waals surface area (Å²) in [7, 11) is 0. The minimum absolute atomic E-state index is 0.269. The number of nitrogens with one attached hydrogen (secondary N) is 1. The Morgan fingerprint density at radius 1 is 0.947 bits per heavy atom. The van der Waals surface area contributed by atoms with Crippen LogP contribution >= 0.6 is 11.6 Å². The largest absolute Gasteiger partial charge is 0.356 e. The van der Waals surface area contributed by atoms with Crippen LogP contribution in [0.5, 0.6) is 0 Å². The van der Waals surface area contributed by atoms with Gasteiger partial charge in [-0.05, 0) is 43.4 Å². The Kier molecular flexibility index (Phi) is 6.49. The summed E-state index contributed by atoms with van der Waals surface area (Å²) < 4.78 is 0. The molecule has 1 amide bonds. The Morgan fingerprint density at radius 2 is 1.58 bits per heavy atom. The van der Waals surface area contributed by atoms with Gasteiger partial charge in [-0.15, -0.1) is 11.6 Å². The van der Waals surface area contributed by atoms with Gasteiger partial charge in [-0.1, -0.05) is 32.1 Å². The van der Waals surface area contributed by atoms with Crippen molar-refractivity contribution in [2.45, 2.75) is 64.2 Å². The lowest BCUT2D eigenvalue weighted by atomic mass is 9.80. The van der Waals surface area contributed by atoms with Crippen LogP contribution in [0.3, 0.4) is 0 Å². The van der Waals surface area contributed by atoms with E-state index in [2.05, 4.69) is 5.32 Å². The van der Waals surface area contributed by atoms with Crippen LogP contribution in [0.2, 0.25) is 0 Å². The summed E-state index contributed by atoms with van der Waals surface area (Å²) in [4.78, 5) is 12.0. The molecule has 2 aliphatic carbocycles. The molecule has 19 heavy (non-hydrogen) atoms. The van der Waals surface area contributed by atoms with Crippen LogP contribution in [-0.4, -0.2) is 18.3 Å². The summed E-state index contributed by atoms with van der Waals surface area (Å²) in [5.41, 5.74) is 0. The van der Waals surface area contributed by atoms with Gasteiger partial charge in [0.15, 0.2) is 0 Å². The van der Waals surface area contributed by atoms with E-state index in [1.54, 1.807) is 0 Å². The number of carbonyl (C=O) groups excluding carboxylic acids is 1. The molecule has 0 aromatic rings. The monoisotopic (exact) mass is 285 g/mol. The highest BCUT2D eigenvalue weighted by Crippen LogP contribution is 2.30. The van der Waals surface area contributed by atoms with Crippen LogP contribution < -0.4 is 5.32 Å². The zero-order valence-electron chi connectivity index (χ0n) is 12.0. The van der Waals surface area contributed by atoms with Gasteiger partial charge in [0, 0.05) is 18.8 Å². The Balaban J connectivity index is 1.67. The van der Waals surface area contributed by atoms with Crippen LogP contribution in [0.1, 0.15) is 64.2 Å². The maximum atomic E-state index is 12.0. The van der Waals surface area contributed by atoms with Crippen molar-refractivity contribution in [1.29, 1.82) is 0 Å². The lowest BCUT2D eigenvalue weighted by Gasteiger charge is -2.30. The van der Waals surface area contributed by atoms with Crippen molar-refractivity contribution in [2.75, 3.05) is 12.4 Å². The number of carbonyl (C=O) groups is 1. The first kappa shape index (κ1) is 15.2. The molecule has 0 aliphatic heterocycles. The average molecular weight is 286 g/mol. The van der Waals surface area contributed by atoms with Gasteiger partial charge in [-0.2, -0.15) is 0 Å². The Hall–Kier alpha value is -0.240. The highest BCUT2D eigenvalue weighted by Gasteiger charge is 2.25. The van der Waals surface area contributed by atoms with Gasteiger partial charge in [-0.3, -0.25) is 4.79 Å². The fourth-order valence-corrected chi connectivity index (χ4v) is 4.13. The molecule has 0 bridgehead atoms. The molecule has 2 saturated carbocycles. The van der Waals surface area contributed by atoms with Crippen LogP contribution in [-0.2, 0) is 4.79 Å². The van der Waals surface area contributed by atoms with Crippen molar-refractivity contribution >= 4 is 17.5 Å². The van der Waals surface area contributed by atoms with E-state index in [0.717, 1.165) is 18.8 Å². The fourth-order valence-electron chi connectivity index (χ4n) is 3.73. The highest BCUT2D eigenvalue weighted by atomic mass is 35.5. The van der Waals surface area contributed by atoms with Crippen molar-refractivity contribution in [3.63, 3.8) is 0 Å². The maximum absolute atomic E-state index is 12.0. The minimum atomic E-state index is 0.269. The number of halogens is 1. The van der Waals surface area contributed by atoms with Crippen molar-refractivity contribution in [2.24, 2.45) is 17.8 Å². The molecule has 0 heterocycles. The standard InChI is InChI=1S/C16H28ClNO/c17-11-14-8-4-5-9-15(14)12-18-16(19)10-13-6-2-1-3-7-13/h13-15H,1-12H2,(H,18,19). The highest BCUT2D eigenvalue weighted by molar-refractivity contribution is 6.18. The predicted molar refractivity (Wildman–Crippen MR) is 80.4 cm³/mol. The molecule has 2 rings (SSSR count). The van der Waals surface area contributed by atoms with Crippen molar-refractivity contribution < 1.29 is 4.79 Å². The van der Waals surface area contributed by atoms with Crippen LogP contribution in [0, 0.1) is 17.8 Å². The molecule has 2 fully saturated rings. The number of amides is 1. The lowest BCUT2D eigenvalue weighted by Crippen LogP contribution is -2.35. The van der Waals surface area contributed by atoms with Gasteiger partial charge < -0.3 is 5.32 Å². The number of rotatable bonds is 5. The molecule has 0 saturated heterocycles. The Bertz CT molecular complexity index is 276. The Morgan fingerprint density at radius 3 is 2.26 bits per heavy atom. The molecular formula is C16H28ClNO. The summed E-state index contributed by atoms with van der Waals surface area (Å²) in [6.07, 6.45) is 12.3. The van der Waals surface area contributed by atoms with E-state index in [1.165, 1.54) is 57.8 Å². The number of hydrogen-bond donors (Lipinski definition) is 1. The third-order valence-electron chi connectivity index (χ3n) is 5.02. The van der Waals surface area contributed by atoms with E-state index >= 15 is 0 Å². The van der Waals surface area contributed by atoms with Crippen LogP contribution in [0.25, 0.3) is 0 Å². The molecule has 0 aromatic carbocycles. The summed E-state index contributed by atoms with van der Waals surface area (Å²) in [6.45, 7) is 0.850. The second kappa shape index (κ2) is 8.14. The van der Waals surface area contributed by atoms with Gasteiger partial charge in [0.1, 0.15) is 0 Å². The SMILES string of the molecule is O=C(CC1CCCCC1)NCC1CCCCC1CCl. The molecule has 2 aliphatic rings. The third-order valence-corrected chi connectivity index (χ3v) is 5.42. The molecule has 2 unspecified atom stereocenters. The minimum Gasteiger partial charge on any atom is -0.356 e. The quantitative estimate of drug-likeness (QED) is 0.757. The van der Waals surface area contributed by atoms with Crippen molar-refractivity contribution in [3.8, 4) is 0 Å². The first-order valence-electron chi connectivity index (χ1n) is 8.12. The smallest absolute Gasteiger partial charge is 0.220 e. The molecule has 0 spiro atoms. The fraction of sp³-hybridized carbons (Fsp3) is 0.938. The molecule has 3 heteroatoms. The average Bonchev–Trinajstić information content (AvgIpc) is 2.46. The van der Waals surface area contributed by atoms with Gasteiger partial charge in [0.2, 0.25) is 5.91 Å². The van der Waals surface area contributed by atoms with Gasteiger partial charge >= 0.3 is 0 Å². The molecule has 2 atom stereocenters. The number of hydrogen-bond acceptors (Lipinski definition) is 1. The lowest BCUT2D eigenvalue weighted by molar-refractivity contribution is -0.122. The van der Waals surface area contributed by atoms with Crippen LogP contribution in [0.4, 0.5) is 0 Å². The first-order valence-corrected chi connectivity index (χ1v) is 8.65. The van der Waals surface area contributed by atoms with Gasteiger partial charge in [0.25, 0.3) is 0 Å². The molecular weight excluding hydrogens is 258 g/mol. The van der Waals surface area contributed by atoms with Crippen molar-refractivity contribution in [1.82, 2.24) is 5.32 Å². The van der Waals surface area contributed by atoms with E-state index in [0.29, 0.717) is 17.8 Å². The van der Waals surface area contributed by atoms with Crippen molar-refractivity contribution in [3.05, 3.63) is 0 Å². The van der Waals surface area contributed by atoms with E-state index in [9.17, 15) is 4.79 Å². The second-order valence-corrected chi connectivity index (χ2v) is 6.78. The predicted octanol–water partition coefficient (Wildman–Crippen LogP) is 4.12. The van der Waals surface area contributed by atoms with E-state index in [1.807, 2.05) is 0 Å². The summed E-state index contributed by atoms with van der Waals surface area (Å²) in [5, 5.41) is 3.17. The number of alkyl halides is 1. The topological polar surface area (TPSA) is 29.1 Å². The van der Waals surface area contributed by atoms with Gasteiger partial charge in [-0.25, -0.2) is 0 Å². The second-order valence-electron chi connectivity index (χ2n) is 6.47. The summed E-state index contributed by atoms with van der Waals surface area (Å²) in [6, 6.07) is 0. The first-order chi connectivity index (χ1) is 9.29. The van der Waals surface area contributed by atoms with Crippen LogP contribution in [0.15, 0.2) is 0 Å². The summed E-state index contributed by atoms with van der Waals surface area (Å²) in [5.74, 6) is 2.89. The molecule has 0 aromatic heterocycles. The molecule has 2 nitrogen and oxygen atoms in total. The zero-order valence-corrected chi connectivity index (χ0v) is 12.8. The normalized spacial score (nSPS) is 29.1. The maximum Gasteiger partial charge on any atom is 0.220 e. The molecule has 110 valence electrons. The van der Waals surface area contributed by atoms with E-state index in [-0.39, 0.29) is 5.91 Å². The van der Waals surface area contributed by atoms with E-state index < -0.39 is 0 Å². The van der Waals surface area contributed by atoms with Gasteiger partial charge in [0.05, 0.1) is 0 Å². The molecule has 1 N–H and O–H groups in total. The zero-order chi connectivity index (χ0) is 13.5.